The van der Waals surface area contributed by atoms with E-state index in [4.69, 9.17) is 6.42 Å². The maximum Gasteiger partial charge on any atom is 0.0998 e. The van der Waals surface area contributed by atoms with Gasteiger partial charge in [0.05, 0.1) is 6.54 Å². The largest absolute Gasteiger partial charge is 0.276 e. The van der Waals surface area contributed by atoms with Crippen molar-refractivity contribution in [1.82, 2.24) is 0 Å². The molecule has 0 amide bonds. The molecule has 0 unspecified atom stereocenters. The van der Waals surface area contributed by atoms with E-state index >= 15 is 0 Å². The van der Waals surface area contributed by atoms with Crippen LogP contribution in [0.2, 0.25) is 0 Å². The molecule has 0 aliphatic heterocycles. The van der Waals surface area contributed by atoms with E-state index in [0.717, 1.165) is 12.8 Å². The van der Waals surface area contributed by atoms with Gasteiger partial charge in [-0.15, -0.1) is 6.42 Å². The summed E-state index contributed by atoms with van der Waals surface area (Å²) in [6, 6.07) is 8.41. The number of terminal acetylenes is 1. The summed E-state index contributed by atoms with van der Waals surface area (Å²) in [6.07, 6.45) is 7.32. The van der Waals surface area contributed by atoms with Crippen LogP contribution < -0.4 is 0 Å². The monoisotopic (exact) mass is 169 g/mol. The zero-order valence-electron chi connectivity index (χ0n) is 7.46. The Hall–Kier alpha value is -1.55. The lowest BCUT2D eigenvalue weighted by Gasteiger charge is -1.97. The summed E-state index contributed by atoms with van der Waals surface area (Å²) in [5, 5.41) is 0. The summed E-state index contributed by atoms with van der Waals surface area (Å²) < 4.78 is 0. The summed E-state index contributed by atoms with van der Waals surface area (Å²) in [5.74, 6) is 2.54. The zero-order chi connectivity index (χ0) is 9.10. The van der Waals surface area contributed by atoms with Crippen molar-refractivity contribution in [2.24, 2.45) is 4.99 Å². The number of aryl methyl sites for hydroxylation is 1. The van der Waals surface area contributed by atoms with Crippen molar-refractivity contribution in [3.05, 3.63) is 35.4 Å². The van der Waals surface area contributed by atoms with Crippen LogP contribution in [0.15, 0.2) is 29.3 Å². The lowest BCUT2D eigenvalue weighted by atomic mass is 10.1. The van der Waals surface area contributed by atoms with Crippen molar-refractivity contribution in [1.29, 1.82) is 0 Å². The summed E-state index contributed by atoms with van der Waals surface area (Å²) in [5.41, 5.74) is 3.87. The number of aliphatic imine (C=N–C) groups is 1. The Kier molecular flexibility index (Phi) is 2.14. The fraction of sp³-hybridized carbons (Fsp3) is 0.250. The summed E-state index contributed by atoms with van der Waals surface area (Å²) in [4.78, 5) is 4.36. The van der Waals surface area contributed by atoms with E-state index in [1.807, 2.05) is 0 Å². The molecule has 1 aliphatic carbocycles. The average molecular weight is 169 g/mol. The minimum Gasteiger partial charge on any atom is -0.276 e. The summed E-state index contributed by atoms with van der Waals surface area (Å²) >= 11 is 0. The van der Waals surface area contributed by atoms with E-state index in [1.54, 1.807) is 0 Å². The molecule has 0 fully saturated rings. The van der Waals surface area contributed by atoms with E-state index in [-0.39, 0.29) is 0 Å². The van der Waals surface area contributed by atoms with Gasteiger partial charge in [0.1, 0.15) is 0 Å². The SMILES string of the molecule is C#CCN=C1CCc2ccccc21. The average Bonchev–Trinajstić information content (AvgIpc) is 2.58. The van der Waals surface area contributed by atoms with Crippen LogP contribution in [0, 0.1) is 12.3 Å². The van der Waals surface area contributed by atoms with Crippen LogP contribution in [0.3, 0.4) is 0 Å². The Labute approximate surface area is 78.5 Å². The first kappa shape index (κ1) is 8.07. The fourth-order valence-electron chi connectivity index (χ4n) is 1.71. The standard InChI is InChI=1S/C12H11N/c1-2-9-13-12-8-7-10-5-3-4-6-11(10)12/h1,3-6H,7-9H2. The number of nitrogens with zero attached hydrogens (tertiary/aromatic N) is 1. The molecule has 0 spiro atoms. The van der Waals surface area contributed by atoms with Gasteiger partial charge in [0.2, 0.25) is 0 Å². The molecule has 1 aliphatic rings. The van der Waals surface area contributed by atoms with E-state index < -0.39 is 0 Å². The van der Waals surface area contributed by atoms with Gasteiger partial charge >= 0.3 is 0 Å². The number of rotatable bonds is 1. The van der Waals surface area contributed by atoms with Crippen LogP contribution >= 0.6 is 0 Å². The van der Waals surface area contributed by atoms with Crippen LogP contribution in [0.25, 0.3) is 0 Å². The highest BCUT2D eigenvalue weighted by molar-refractivity contribution is 6.04. The molecule has 1 nitrogen and oxygen atoms in total. The second kappa shape index (κ2) is 3.45. The number of hydrogen-bond donors (Lipinski definition) is 0. The normalized spacial score (nSPS) is 17.0. The van der Waals surface area contributed by atoms with Crippen molar-refractivity contribution in [2.45, 2.75) is 12.8 Å². The molecule has 64 valence electrons. The van der Waals surface area contributed by atoms with Crippen molar-refractivity contribution in [2.75, 3.05) is 6.54 Å². The van der Waals surface area contributed by atoms with E-state index in [1.165, 1.54) is 16.8 Å². The van der Waals surface area contributed by atoms with Gasteiger partial charge in [-0.25, -0.2) is 0 Å². The van der Waals surface area contributed by atoms with Gasteiger partial charge in [0.15, 0.2) is 0 Å². The first-order valence-electron chi connectivity index (χ1n) is 4.47. The third-order valence-electron chi connectivity index (χ3n) is 2.32. The second-order valence-corrected chi connectivity index (χ2v) is 3.12. The van der Waals surface area contributed by atoms with Crippen LogP contribution in [-0.4, -0.2) is 12.3 Å². The molecule has 0 radical (unpaired) electrons. The van der Waals surface area contributed by atoms with Crippen molar-refractivity contribution in [3.8, 4) is 12.3 Å². The smallest absolute Gasteiger partial charge is 0.0998 e. The molecule has 0 atom stereocenters. The van der Waals surface area contributed by atoms with Gasteiger partial charge in [-0.1, -0.05) is 30.2 Å². The Morgan fingerprint density at radius 1 is 1.31 bits per heavy atom. The Bertz CT molecular complexity index is 382. The van der Waals surface area contributed by atoms with Gasteiger partial charge in [0.25, 0.3) is 0 Å². The fourth-order valence-corrected chi connectivity index (χ4v) is 1.71. The Balaban J connectivity index is 2.34. The van der Waals surface area contributed by atoms with Gasteiger partial charge in [-0.3, -0.25) is 4.99 Å². The number of fused-ring (bicyclic) bond motifs is 1. The second-order valence-electron chi connectivity index (χ2n) is 3.12. The minimum atomic E-state index is 0.504. The van der Waals surface area contributed by atoms with E-state index in [9.17, 15) is 0 Å². The molecule has 0 heterocycles. The molecule has 0 N–H and O–H groups in total. The van der Waals surface area contributed by atoms with Crippen molar-refractivity contribution in [3.63, 3.8) is 0 Å². The molecule has 0 saturated heterocycles. The molecular formula is C12H11N. The van der Waals surface area contributed by atoms with Gasteiger partial charge in [0, 0.05) is 5.71 Å². The molecular weight excluding hydrogens is 158 g/mol. The molecule has 0 saturated carbocycles. The molecule has 0 aromatic heterocycles. The topological polar surface area (TPSA) is 12.4 Å². The molecule has 0 bridgehead atoms. The highest BCUT2D eigenvalue weighted by Gasteiger charge is 2.15. The number of hydrogen-bond acceptors (Lipinski definition) is 1. The predicted molar refractivity (Wildman–Crippen MR) is 55.0 cm³/mol. The Morgan fingerprint density at radius 3 is 3.00 bits per heavy atom. The maximum atomic E-state index is 5.17. The third kappa shape index (κ3) is 1.48. The van der Waals surface area contributed by atoms with Crippen molar-refractivity contribution >= 4 is 5.71 Å². The van der Waals surface area contributed by atoms with Gasteiger partial charge in [-0.2, -0.15) is 0 Å². The molecule has 2 rings (SSSR count). The molecule has 1 aromatic rings. The quantitative estimate of drug-likeness (QED) is 0.570. The van der Waals surface area contributed by atoms with Crippen LogP contribution in [-0.2, 0) is 6.42 Å². The zero-order valence-corrected chi connectivity index (χ0v) is 7.46. The minimum absolute atomic E-state index is 0.504. The van der Waals surface area contributed by atoms with Crippen LogP contribution in [0.1, 0.15) is 17.5 Å². The van der Waals surface area contributed by atoms with E-state index in [2.05, 4.69) is 35.2 Å². The lowest BCUT2D eigenvalue weighted by Crippen LogP contribution is -1.94. The Morgan fingerprint density at radius 2 is 2.15 bits per heavy atom. The maximum absolute atomic E-state index is 5.17. The van der Waals surface area contributed by atoms with Gasteiger partial charge in [-0.05, 0) is 24.0 Å². The van der Waals surface area contributed by atoms with Crippen LogP contribution in [0.4, 0.5) is 0 Å². The van der Waals surface area contributed by atoms with Crippen molar-refractivity contribution < 1.29 is 0 Å². The molecule has 13 heavy (non-hydrogen) atoms. The first-order valence-corrected chi connectivity index (χ1v) is 4.47. The molecule has 1 aromatic carbocycles. The molecule has 1 heteroatoms. The highest BCUT2D eigenvalue weighted by atomic mass is 14.7. The van der Waals surface area contributed by atoms with Crippen LogP contribution in [0.5, 0.6) is 0 Å². The summed E-state index contributed by atoms with van der Waals surface area (Å²) in [6.45, 7) is 0.504. The first-order chi connectivity index (χ1) is 6.42. The predicted octanol–water partition coefficient (Wildman–Crippen LogP) is 2.06. The third-order valence-corrected chi connectivity index (χ3v) is 2.32. The summed E-state index contributed by atoms with van der Waals surface area (Å²) in [7, 11) is 0. The highest BCUT2D eigenvalue weighted by Crippen LogP contribution is 2.21. The number of benzene rings is 1. The lowest BCUT2D eigenvalue weighted by molar-refractivity contribution is 1.08. The van der Waals surface area contributed by atoms with E-state index in [0.29, 0.717) is 6.54 Å². The van der Waals surface area contributed by atoms with Gasteiger partial charge < -0.3 is 0 Å².